The maximum Gasteiger partial charge on any atom is 0.387 e. The number of aromatic nitrogens is 1. The number of thiazole rings is 1. The van der Waals surface area contributed by atoms with Crippen LogP contribution in [0.2, 0.25) is 0 Å². The Morgan fingerprint density at radius 2 is 1.85 bits per heavy atom. The number of hydrogen-bond donors (Lipinski definition) is 1. The first-order chi connectivity index (χ1) is 13.0. The first-order valence-electron chi connectivity index (χ1n) is 8.06. The van der Waals surface area contributed by atoms with E-state index in [0.717, 1.165) is 11.1 Å². The summed E-state index contributed by atoms with van der Waals surface area (Å²) >= 11 is 1.37. The van der Waals surface area contributed by atoms with E-state index < -0.39 is 6.61 Å². The quantitative estimate of drug-likeness (QED) is 0.429. The van der Waals surface area contributed by atoms with Gasteiger partial charge in [0.25, 0.3) is 0 Å². The average molecular weight is 386 g/mol. The van der Waals surface area contributed by atoms with Crippen LogP contribution in [0.4, 0.5) is 13.9 Å². The Morgan fingerprint density at radius 1 is 1.15 bits per heavy atom. The summed E-state index contributed by atoms with van der Waals surface area (Å²) in [5, 5.41) is 5.42. The number of ketones is 1. The predicted molar refractivity (Wildman–Crippen MR) is 102 cm³/mol. The lowest BCUT2D eigenvalue weighted by Crippen LogP contribution is -2.01. The third-order valence-electron chi connectivity index (χ3n) is 3.66. The molecular formula is C20H16F2N2O2S. The number of hydrogen-bond acceptors (Lipinski definition) is 5. The molecule has 0 saturated heterocycles. The van der Waals surface area contributed by atoms with Gasteiger partial charge in [-0.25, -0.2) is 4.98 Å². The molecule has 0 radical (unpaired) electrons. The molecule has 3 aromatic rings. The molecule has 1 aromatic heterocycles. The summed E-state index contributed by atoms with van der Waals surface area (Å²) in [4.78, 5) is 16.5. The van der Waals surface area contributed by atoms with E-state index in [1.807, 2.05) is 24.4 Å². The van der Waals surface area contributed by atoms with Crippen molar-refractivity contribution in [2.75, 3.05) is 5.32 Å². The lowest BCUT2D eigenvalue weighted by Gasteiger charge is -2.04. The Hall–Kier alpha value is -3.06. The van der Waals surface area contributed by atoms with Crippen LogP contribution in [0.25, 0.3) is 11.3 Å². The SMILES string of the molecule is Cc1ccc(C(=O)C=CNc2nc(-c3ccc(OC(F)F)cc3)cs2)cc1. The number of aryl methyl sites for hydroxylation is 1. The van der Waals surface area contributed by atoms with Gasteiger partial charge in [0, 0.05) is 28.8 Å². The van der Waals surface area contributed by atoms with Crippen molar-refractivity contribution < 1.29 is 18.3 Å². The topological polar surface area (TPSA) is 51.2 Å². The molecule has 0 saturated carbocycles. The van der Waals surface area contributed by atoms with Crippen molar-refractivity contribution >= 4 is 22.3 Å². The molecular weight excluding hydrogens is 370 g/mol. The van der Waals surface area contributed by atoms with Crippen LogP contribution in [0, 0.1) is 6.92 Å². The molecule has 0 aliphatic rings. The van der Waals surface area contributed by atoms with Crippen LogP contribution in [-0.2, 0) is 0 Å². The van der Waals surface area contributed by atoms with Gasteiger partial charge in [0.2, 0.25) is 0 Å². The molecule has 0 fully saturated rings. The van der Waals surface area contributed by atoms with Gasteiger partial charge >= 0.3 is 6.61 Å². The van der Waals surface area contributed by atoms with Crippen LogP contribution < -0.4 is 10.1 Å². The fourth-order valence-electron chi connectivity index (χ4n) is 2.28. The van der Waals surface area contributed by atoms with Crippen LogP contribution in [-0.4, -0.2) is 17.4 Å². The molecule has 1 heterocycles. The number of benzene rings is 2. The summed E-state index contributed by atoms with van der Waals surface area (Å²) in [5.41, 5.74) is 3.19. The Balaban J connectivity index is 1.60. The Bertz CT molecular complexity index is 935. The number of alkyl halides is 2. The number of ether oxygens (including phenoxy) is 1. The lowest BCUT2D eigenvalue weighted by atomic mass is 10.1. The molecule has 7 heteroatoms. The Labute approximate surface area is 159 Å². The lowest BCUT2D eigenvalue weighted by molar-refractivity contribution is -0.0498. The van der Waals surface area contributed by atoms with E-state index in [9.17, 15) is 13.6 Å². The van der Waals surface area contributed by atoms with E-state index in [1.165, 1.54) is 29.5 Å². The molecule has 0 aliphatic heterocycles. The van der Waals surface area contributed by atoms with Gasteiger partial charge in [-0.1, -0.05) is 29.8 Å². The van der Waals surface area contributed by atoms with Crippen LogP contribution in [0.1, 0.15) is 15.9 Å². The smallest absolute Gasteiger partial charge is 0.387 e. The molecule has 0 aliphatic carbocycles. The molecule has 27 heavy (non-hydrogen) atoms. The molecule has 0 unspecified atom stereocenters. The summed E-state index contributed by atoms with van der Waals surface area (Å²) in [7, 11) is 0. The summed E-state index contributed by atoms with van der Waals surface area (Å²) in [5.74, 6) is -0.00576. The molecule has 3 rings (SSSR count). The van der Waals surface area contributed by atoms with Crippen molar-refractivity contribution in [3.63, 3.8) is 0 Å². The van der Waals surface area contributed by atoms with Gasteiger partial charge in [0.05, 0.1) is 5.69 Å². The zero-order chi connectivity index (χ0) is 19.2. The second-order valence-corrected chi connectivity index (χ2v) is 6.51. The number of nitrogens with zero attached hydrogens (tertiary/aromatic N) is 1. The van der Waals surface area contributed by atoms with E-state index in [4.69, 9.17) is 0 Å². The minimum atomic E-state index is -2.85. The molecule has 0 bridgehead atoms. The number of halogens is 2. The maximum atomic E-state index is 12.2. The third kappa shape index (κ3) is 5.21. The van der Waals surface area contributed by atoms with Crippen LogP contribution >= 0.6 is 11.3 Å². The number of rotatable bonds is 7. The van der Waals surface area contributed by atoms with Crippen molar-refractivity contribution in [3.8, 4) is 17.0 Å². The van der Waals surface area contributed by atoms with E-state index >= 15 is 0 Å². The van der Waals surface area contributed by atoms with Crippen LogP contribution in [0.5, 0.6) is 5.75 Å². The summed E-state index contributed by atoms with van der Waals surface area (Å²) < 4.78 is 28.7. The standard InChI is InChI=1S/C20H16F2N2O2S/c1-13-2-4-15(5-3-13)18(25)10-11-23-20-24-17(12-27-20)14-6-8-16(9-7-14)26-19(21)22/h2-12,19H,1H3,(H,23,24). The summed E-state index contributed by atoms with van der Waals surface area (Å²) in [6, 6.07) is 13.6. The fourth-order valence-corrected chi connectivity index (χ4v) is 2.98. The molecule has 138 valence electrons. The molecule has 1 N–H and O–H groups in total. The van der Waals surface area contributed by atoms with E-state index in [-0.39, 0.29) is 11.5 Å². The second kappa shape index (κ2) is 8.55. The van der Waals surface area contributed by atoms with Gasteiger partial charge in [-0.3, -0.25) is 4.79 Å². The molecule has 0 spiro atoms. The summed E-state index contributed by atoms with van der Waals surface area (Å²) in [6.07, 6.45) is 2.99. The van der Waals surface area contributed by atoms with E-state index in [1.54, 1.807) is 30.5 Å². The summed E-state index contributed by atoms with van der Waals surface area (Å²) in [6.45, 7) is -0.884. The third-order valence-corrected chi connectivity index (χ3v) is 4.43. The van der Waals surface area contributed by atoms with Crippen LogP contribution in [0.3, 0.4) is 0 Å². The van der Waals surface area contributed by atoms with Gasteiger partial charge in [-0.2, -0.15) is 8.78 Å². The van der Waals surface area contributed by atoms with Crippen molar-refractivity contribution in [3.05, 3.63) is 77.3 Å². The fraction of sp³-hybridized carbons (Fsp3) is 0.100. The number of allylic oxidation sites excluding steroid dienone is 1. The number of anilines is 1. The Morgan fingerprint density at radius 3 is 2.52 bits per heavy atom. The predicted octanol–water partition coefficient (Wildman–Crippen LogP) is 5.53. The normalized spacial score (nSPS) is 11.1. The average Bonchev–Trinajstić information content (AvgIpc) is 3.11. The highest BCUT2D eigenvalue weighted by molar-refractivity contribution is 7.14. The number of carbonyl (C=O) groups excluding carboxylic acids is 1. The van der Waals surface area contributed by atoms with Gasteiger partial charge in [0.15, 0.2) is 10.9 Å². The van der Waals surface area contributed by atoms with Crippen molar-refractivity contribution in [1.29, 1.82) is 0 Å². The molecule has 4 nitrogen and oxygen atoms in total. The van der Waals surface area contributed by atoms with E-state index in [2.05, 4.69) is 15.0 Å². The second-order valence-electron chi connectivity index (χ2n) is 5.65. The van der Waals surface area contributed by atoms with Crippen molar-refractivity contribution in [2.24, 2.45) is 0 Å². The van der Waals surface area contributed by atoms with Gasteiger partial charge < -0.3 is 10.1 Å². The zero-order valence-electron chi connectivity index (χ0n) is 14.4. The number of nitrogens with one attached hydrogen (secondary N) is 1. The van der Waals surface area contributed by atoms with E-state index in [0.29, 0.717) is 16.4 Å². The van der Waals surface area contributed by atoms with Gasteiger partial charge in [-0.15, -0.1) is 11.3 Å². The largest absolute Gasteiger partial charge is 0.435 e. The Kier molecular flexibility index (Phi) is 5.93. The van der Waals surface area contributed by atoms with Crippen molar-refractivity contribution in [1.82, 2.24) is 4.98 Å². The maximum absolute atomic E-state index is 12.2. The highest BCUT2D eigenvalue weighted by Crippen LogP contribution is 2.27. The van der Waals surface area contributed by atoms with Crippen LogP contribution in [0.15, 0.2) is 66.2 Å². The molecule has 2 aromatic carbocycles. The first-order valence-corrected chi connectivity index (χ1v) is 8.94. The van der Waals surface area contributed by atoms with Crippen molar-refractivity contribution in [2.45, 2.75) is 13.5 Å². The number of carbonyl (C=O) groups is 1. The minimum absolute atomic E-state index is 0.0971. The zero-order valence-corrected chi connectivity index (χ0v) is 15.2. The molecule has 0 atom stereocenters. The first kappa shape index (κ1) is 18.7. The highest BCUT2D eigenvalue weighted by Gasteiger charge is 2.07. The highest BCUT2D eigenvalue weighted by atomic mass is 32.1. The van der Waals surface area contributed by atoms with Gasteiger partial charge in [-0.05, 0) is 31.2 Å². The monoisotopic (exact) mass is 386 g/mol. The minimum Gasteiger partial charge on any atom is -0.435 e. The van der Waals surface area contributed by atoms with Gasteiger partial charge in [0.1, 0.15) is 5.75 Å². The molecule has 0 amide bonds.